The third-order valence-electron chi connectivity index (χ3n) is 5.77. The van der Waals surface area contributed by atoms with E-state index in [0.29, 0.717) is 52.6 Å². The van der Waals surface area contributed by atoms with Crippen molar-refractivity contribution in [2.75, 3.05) is 27.4 Å². The highest BCUT2D eigenvalue weighted by Crippen LogP contribution is 2.33. The number of halogens is 1. The number of aliphatic hydroxyl groups is 1. The zero-order valence-electron chi connectivity index (χ0n) is 18.5. The minimum absolute atomic E-state index is 0.176. The highest BCUT2D eigenvalue weighted by molar-refractivity contribution is 6.31. The number of hydrogen-bond acceptors (Lipinski definition) is 6. The summed E-state index contributed by atoms with van der Waals surface area (Å²) in [5, 5.41) is 22.2. The van der Waals surface area contributed by atoms with Crippen molar-refractivity contribution in [2.45, 2.75) is 31.3 Å². The summed E-state index contributed by atoms with van der Waals surface area (Å²) in [6.07, 6.45) is 1.20. The van der Waals surface area contributed by atoms with Gasteiger partial charge in [0.15, 0.2) is 0 Å². The number of methoxy groups -OCH3 is 2. The topological polar surface area (TPSA) is 112 Å². The molecule has 0 spiro atoms. The molecule has 1 aliphatic rings. The summed E-state index contributed by atoms with van der Waals surface area (Å²) in [6, 6.07) is 11.3. The average molecular weight is 472 g/mol. The largest absolute Gasteiger partial charge is 0.497 e. The van der Waals surface area contributed by atoms with Crippen molar-refractivity contribution in [3.63, 3.8) is 0 Å². The van der Waals surface area contributed by atoms with E-state index >= 15 is 0 Å². The Morgan fingerprint density at radius 2 is 2.06 bits per heavy atom. The second kappa shape index (κ2) is 11.0. The molecule has 0 unspecified atom stereocenters. The third kappa shape index (κ3) is 5.38. The summed E-state index contributed by atoms with van der Waals surface area (Å²) < 4.78 is 10.6. The molecule has 2 aromatic carbocycles. The minimum atomic E-state index is -0.892. The minimum Gasteiger partial charge on any atom is -0.497 e. The summed E-state index contributed by atoms with van der Waals surface area (Å²) in [4.78, 5) is 27.8. The van der Waals surface area contributed by atoms with Crippen molar-refractivity contribution in [1.82, 2.24) is 10.2 Å². The molecule has 8 nitrogen and oxygen atoms in total. The van der Waals surface area contributed by atoms with Crippen LogP contribution in [0.2, 0.25) is 5.02 Å². The highest BCUT2D eigenvalue weighted by Gasteiger charge is 2.38. The number of carbonyl (C=O) groups is 2. The lowest BCUT2D eigenvalue weighted by Gasteiger charge is -2.28. The summed E-state index contributed by atoms with van der Waals surface area (Å²) >= 11 is 6.20. The molecule has 1 fully saturated rings. The van der Waals surface area contributed by atoms with Crippen LogP contribution >= 0.6 is 11.6 Å². The number of ether oxygens (including phenoxy) is 2. The molecular formula is C24H26ClN3O5. The molecule has 2 N–H and O–H groups in total. The van der Waals surface area contributed by atoms with Crippen LogP contribution in [0.5, 0.6) is 11.5 Å². The van der Waals surface area contributed by atoms with Crippen molar-refractivity contribution >= 4 is 23.4 Å². The molecule has 9 heteroatoms. The number of nitriles is 1. The van der Waals surface area contributed by atoms with Gasteiger partial charge in [-0.3, -0.25) is 9.59 Å². The van der Waals surface area contributed by atoms with Crippen LogP contribution in [0.4, 0.5) is 0 Å². The molecule has 1 aliphatic heterocycles. The Morgan fingerprint density at radius 3 is 2.70 bits per heavy atom. The van der Waals surface area contributed by atoms with Gasteiger partial charge in [-0.05, 0) is 48.7 Å². The fourth-order valence-corrected chi connectivity index (χ4v) is 4.23. The van der Waals surface area contributed by atoms with Crippen molar-refractivity contribution in [3.8, 4) is 17.6 Å². The summed E-state index contributed by atoms with van der Waals surface area (Å²) in [7, 11) is 3.01. The summed E-state index contributed by atoms with van der Waals surface area (Å²) in [6.45, 7) is 0.153. The molecule has 33 heavy (non-hydrogen) atoms. The summed E-state index contributed by atoms with van der Waals surface area (Å²) in [5.74, 6) is -0.545. The Kier molecular flexibility index (Phi) is 8.15. The lowest BCUT2D eigenvalue weighted by molar-refractivity contribution is -0.140. The Bertz CT molecular complexity index is 1070. The monoisotopic (exact) mass is 471 g/mol. The first-order valence-corrected chi connectivity index (χ1v) is 10.9. The van der Waals surface area contributed by atoms with Gasteiger partial charge in [-0.25, -0.2) is 0 Å². The molecule has 1 saturated heterocycles. The molecule has 0 bridgehead atoms. The van der Waals surface area contributed by atoms with Crippen LogP contribution in [-0.2, 0) is 16.1 Å². The van der Waals surface area contributed by atoms with Crippen LogP contribution in [0.1, 0.15) is 35.4 Å². The summed E-state index contributed by atoms with van der Waals surface area (Å²) in [5.41, 5.74) is 1.61. The molecule has 1 heterocycles. The first-order valence-electron chi connectivity index (χ1n) is 10.5. The quantitative estimate of drug-likeness (QED) is 0.612. The van der Waals surface area contributed by atoms with Gasteiger partial charge in [0.2, 0.25) is 11.8 Å². The Balaban J connectivity index is 1.75. The van der Waals surface area contributed by atoms with E-state index in [0.717, 1.165) is 0 Å². The van der Waals surface area contributed by atoms with E-state index < -0.39 is 18.6 Å². The van der Waals surface area contributed by atoms with Crippen molar-refractivity contribution in [3.05, 3.63) is 58.1 Å². The van der Waals surface area contributed by atoms with Crippen LogP contribution in [0.3, 0.4) is 0 Å². The standard InChI is InChI=1S/C24H26ClN3O5/c1-32-17-7-8-22(33-2)18(11-17)19(14-29)24(31)28-9-3-4-21(28)23(30)27-13-16-6-5-15(12-26)10-20(16)25/h5-8,10-11,19,21,29H,3-4,9,13-14H2,1-2H3,(H,27,30)/t19-,21-/m0/s1. The first kappa shape index (κ1) is 24.4. The fraction of sp³-hybridized carbons (Fsp3) is 0.375. The van der Waals surface area contributed by atoms with Crippen molar-refractivity contribution in [2.24, 2.45) is 0 Å². The lowest BCUT2D eigenvalue weighted by atomic mass is 9.96. The number of rotatable bonds is 8. The fourth-order valence-electron chi connectivity index (χ4n) is 3.98. The molecule has 0 aliphatic carbocycles. The van der Waals surface area contributed by atoms with Crippen LogP contribution in [0, 0.1) is 11.3 Å². The number of nitrogens with zero attached hydrogens (tertiary/aromatic N) is 2. The van der Waals surface area contributed by atoms with Gasteiger partial charge >= 0.3 is 0 Å². The van der Waals surface area contributed by atoms with Crippen molar-refractivity contribution < 1.29 is 24.2 Å². The molecule has 2 atom stereocenters. The van der Waals surface area contributed by atoms with Crippen LogP contribution in [-0.4, -0.2) is 55.2 Å². The van der Waals surface area contributed by atoms with Crippen LogP contribution in [0.15, 0.2) is 36.4 Å². The molecule has 2 aromatic rings. The maximum absolute atomic E-state index is 13.4. The SMILES string of the molecule is COc1ccc(OC)c([C@H](CO)C(=O)N2CCC[C@H]2C(=O)NCc2ccc(C#N)cc2Cl)c1. The first-order chi connectivity index (χ1) is 15.9. The predicted molar refractivity (Wildman–Crippen MR) is 122 cm³/mol. The molecule has 0 aromatic heterocycles. The zero-order valence-corrected chi connectivity index (χ0v) is 19.3. The van der Waals surface area contributed by atoms with Gasteiger partial charge in [-0.2, -0.15) is 5.26 Å². The van der Waals surface area contributed by atoms with E-state index in [1.54, 1.807) is 36.4 Å². The van der Waals surface area contributed by atoms with Gasteiger partial charge in [0.1, 0.15) is 17.5 Å². The molecular weight excluding hydrogens is 446 g/mol. The number of likely N-dealkylation sites (tertiary alicyclic amines) is 1. The van der Waals surface area contributed by atoms with E-state index in [1.165, 1.54) is 19.1 Å². The van der Waals surface area contributed by atoms with Gasteiger partial charge in [0, 0.05) is 23.7 Å². The molecule has 174 valence electrons. The van der Waals surface area contributed by atoms with Gasteiger partial charge in [0.25, 0.3) is 0 Å². The normalized spacial score (nSPS) is 16.1. The smallest absolute Gasteiger partial charge is 0.243 e. The Labute approximate surface area is 197 Å². The zero-order chi connectivity index (χ0) is 24.0. The number of hydrogen-bond donors (Lipinski definition) is 2. The maximum Gasteiger partial charge on any atom is 0.243 e. The van der Waals surface area contributed by atoms with Gasteiger partial charge in [0.05, 0.1) is 38.4 Å². The molecule has 0 saturated carbocycles. The van der Waals surface area contributed by atoms with Gasteiger partial charge in [-0.15, -0.1) is 0 Å². The van der Waals surface area contributed by atoms with E-state index in [4.69, 9.17) is 26.3 Å². The number of aliphatic hydroxyl groups excluding tert-OH is 1. The van der Waals surface area contributed by atoms with Crippen LogP contribution in [0.25, 0.3) is 0 Å². The number of carbonyl (C=O) groups excluding carboxylic acids is 2. The van der Waals surface area contributed by atoms with E-state index in [1.807, 2.05) is 6.07 Å². The van der Waals surface area contributed by atoms with Gasteiger partial charge < -0.3 is 24.8 Å². The van der Waals surface area contributed by atoms with Crippen LogP contribution < -0.4 is 14.8 Å². The average Bonchev–Trinajstić information content (AvgIpc) is 3.33. The molecule has 3 rings (SSSR count). The number of benzene rings is 2. The second-order valence-corrected chi connectivity index (χ2v) is 8.08. The number of nitrogens with one attached hydrogen (secondary N) is 1. The second-order valence-electron chi connectivity index (χ2n) is 7.67. The lowest BCUT2D eigenvalue weighted by Crippen LogP contribution is -2.47. The predicted octanol–water partition coefficient (Wildman–Crippen LogP) is 2.61. The Morgan fingerprint density at radius 1 is 1.27 bits per heavy atom. The Hall–Kier alpha value is -3.28. The van der Waals surface area contributed by atoms with E-state index in [-0.39, 0.29) is 18.4 Å². The molecule has 0 radical (unpaired) electrons. The van der Waals surface area contributed by atoms with Crippen molar-refractivity contribution in [1.29, 1.82) is 5.26 Å². The van der Waals surface area contributed by atoms with Gasteiger partial charge in [-0.1, -0.05) is 17.7 Å². The highest BCUT2D eigenvalue weighted by atomic mass is 35.5. The van der Waals surface area contributed by atoms with E-state index in [9.17, 15) is 14.7 Å². The number of amides is 2. The third-order valence-corrected chi connectivity index (χ3v) is 6.12. The van der Waals surface area contributed by atoms with E-state index in [2.05, 4.69) is 5.32 Å². The molecule has 2 amide bonds. The maximum atomic E-state index is 13.4.